The molecule has 2 rings (SSSR count). The first-order valence-corrected chi connectivity index (χ1v) is 8.33. The SMILES string of the molecule is Cc1ccc(OCC(C)NCCSc2ccccc2)cc1. The van der Waals surface area contributed by atoms with Crippen LogP contribution in [0.3, 0.4) is 0 Å². The lowest BCUT2D eigenvalue weighted by atomic mass is 10.2. The third-order valence-corrected chi connectivity index (χ3v) is 4.14. The monoisotopic (exact) mass is 301 g/mol. The van der Waals surface area contributed by atoms with E-state index in [0.29, 0.717) is 12.6 Å². The summed E-state index contributed by atoms with van der Waals surface area (Å²) in [6.45, 7) is 5.91. The van der Waals surface area contributed by atoms with Crippen LogP contribution < -0.4 is 10.1 Å². The second-order valence-electron chi connectivity index (χ2n) is 5.14. The molecule has 0 aromatic heterocycles. The second-order valence-corrected chi connectivity index (χ2v) is 6.31. The van der Waals surface area contributed by atoms with E-state index in [1.54, 1.807) is 0 Å². The smallest absolute Gasteiger partial charge is 0.119 e. The van der Waals surface area contributed by atoms with E-state index in [1.807, 2.05) is 30.0 Å². The molecule has 2 aromatic carbocycles. The molecular formula is C18H23NOS. The lowest BCUT2D eigenvalue weighted by Gasteiger charge is -2.15. The van der Waals surface area contributed by atoms with Gasteiger partial charge in [0.25, 0.3) is 0 Å². The Hall–Kier alpha value is -1.45. The van der Waals surface area contributed by atoms with Crippen LogP contribution in [-0.2, 0) is 0 Å². The third kappa shape index (κ3) is 6.23. The van der Waals surface area contributed by atoms with Gasteiger partial charge in [0.1, 0.15) is 12.4 Å². The van der Waals surface area contributed by atoms with E-state index in [2.05, 4.69) is 55.6 Å². The van der Waals surface area contributed by atoms with Crippen molar-refractivity contribution in [3.63, 3.8) is 0 Å². The molecule has 1 atom stereocenters. The molecule has 0 aliphatic heterocycles. The standard InChI is InChI=1S/C18H23NOS/c1-15-8-10-17(11-9-15)20-14-16(2)19-12-13-21-18-6-4-3-5-7-18/h3-11,16,19H,12-14H2,1-2H3. The molecule has 0 bridgehead atoms. The second kappa shape index (κ2) is 8.75. The van der Waals surface area contributed by atoms with Gasteiger partial charge in [0.15, 0.2) is 0 Å². The van der Waals surface area contributed by atoms with Gasteiger partial charge in [0.05, 0.1) is 0 Å². The predicted octanol–water partition coefficient (Wildman–Crippen LogP) is 4.14. The minimum atomic E-state index is 0.350. The summed E-state index contributed by atoms with van der Waals surface area (Å²) in [7, 11) is 0. The average Bonchev–Trinajstić information content (AvgIpc) is 2.52. The summed E-state index contributed by atoms with van der Waals surface area (Å²) in [5.41, 5.74) is 1.26. The van der Waals surface area contributed by atoms with E-state index in [-0.39, 0.29) is 0 Å². The van der Waals surface area contributed by atoms with Crippen molar-refractivity contribution in [2.75, 3.05) is 18.9 Å². The Bertz CT molecular complexity index is 513. The van der Waals surface area contributed by atoms with Crippen molar-refractivity contribution in [3.8, 4) is 5.75 Å². The Morgan fingerprint density at radius 3 is 2.48 bits per heavy atom. The number of aryl methyl sites for hydroxylation is 1. The zero-order valence-electron chi connectivity index (χ0n) is 12.7. The maximum atomic E-state index is 5.77. The van der Waals surface area contributed by atoms with Gasteiger partial charge in [-0.3, -0.25) is 0 Å². The number of hydrogen-bond acceptors (Lipinski definition) is 3. The van der Waals surface area contributed by atoms with Gasteiger partial charge in [-0.05, 0) is 38.1 Å². The summed E-state index contributed by atoms with van der Waals surface area (Å²) in [5, 5.41) is 3.49. The number of hydrogen-bond donors (Lipinski definition) is 1. The van der Waals surface area contributed by atoms with Crippen LogP contribution in [0.5, 0.6) is 5.75 Å². The van der Waals surface area contributed by atoms with Crippen LogP contribution in [0, 0.1) is 6.92 Å². The molecule has 0 heterocycles. The zero-order chi connectivity index (χ0) is 14.9. The lowest BCUT2D eigenvalue weighted by Crippen LogP contribution is -2.33. The molecule has 0 fully saturated rings. The Morgan fingerprint density at radius 2 is 1.76 bits per heavy atom. The summed E-state index contributed by atoms with van der Waals surface area (Å²) in [4.78, 5) is 1.32. The Labute approximate surface area is 131 Å². The largest absolute Gasteiger partial charge is 0.492 e. The number of nitrogens with one attached hydrogen (secondary N) is 1. The van der Waals surface area contributed by atoms with Crippen molar-refractivity contribution >= 4 is 11.8 Å². The fourth-order valence-electron chi connectivity index (χ4n) is 1.91. The number of benzene rings is 2. The van der Waals surface area contributed by atoms with Crippen molar-refractivity contribution in [1.29, 1.82) is 0 Å². The van der Waals surface area contributed by atoms with E-state index in [4.69, 9.17) is 4.74 Å². The number of thioether (sulfide) groups is 1. The van der Waals surface area contributed by atoms with Gasteiger partial charge in [0.2, 0.25) is 0 Å². The highest BCUT2D eigenvalue weighted by Crippen LogP contribution is 2.16. The Morgan fingerprint density at radius 1 is 1.05 bits per heavy atom. The van der Waals surface area contributed by atoms with Crippen LogP contribution in [0.25, 0.3) is 0 Å². The molecule has 3 heteroatoms. The van der Waals surface area contributed by atoms with Crippen LogP contribution in [0.1, 0.15) is 12.5 Å². The summed E-state index contributed by atoms with van der Waals surface area (Å²) in [6, 6.07) is 19.0. The molecule has 0 amide bonds. The van der Waals surface area contributed by atoms with Gasteiger partial charge in [-0.25, -0.2) is 0 Å². The summed E-state index contributed by atoms with van der Waals surface area (Å²) >= 11 is 1.88. The maximum absolute atomic E-state index is 5.77. The summed E-state index contributed by atoms with van der Waals surface area (Å²) in [5.74, 6) is 2.01. The molecule has 0 saturated carbocycles. The molecule has 2 aromatic rings. The van der Waals surface area contributed by atoms with Gasteiger partial charge >= 0.3 is 0 Å². The van der Waals surface area contributed by atoms with Crippen molar-refractivity contribution in [2.24, 2.45) is 0 Å². The van der Waals surface area contributed by atoms with Crippen molar-refractivity contribution in [1.82, 2.24) is 5.32 Å². The highest BCUT2D eigenvalue weighted by molar-refractivity contribution is 7.99. The lowest BCUT2D eigenvalue weighted by molar-refractivity contribution is 0.275. The highest BCUT2D eigenvalue weighted by Gasteiger charge is 2.02. The van der Waals surface area contributed by atoms with Crippen LogP contribution in [-0.4, -0.2) is 24.9 Å². The van der Waals surface area contributed by atoms with Gasteiger partial charge in [-0.1, -0.05) is 35.9 Å². The van der Waals surface area contributed by atoms with E-state index < -0.39 is 0 Å². The quantitative estimate of drug-likeness (QED) is 0.585. The number of ether oxygens (including phenoxy) is 1. The third-order valence-electron chi connectivity index (χ3n) is 3.13. The molecule has 1 unspecified atom stereocenters. The molecule has 0 aliphatic rings. The van der Waals surface area contributed by atoms with Crippen LogP contribution >= 0.6 is 11.8 Å². The summed E-state index contributed by atoms with van der Waals surface area (Å²) < 4.78 is 5.77. The van der Waals surface area contributed by atoms with Crippen molar-refractivity contribution in [2.45, 2.75) is 24.8 Å². The van der Waals surface area contributed by atoms with Gasteiger partial charge in [0, 0.05) is 23.2 Å². The molecule has 0 saturated heterocycles. The normalized spacial score (nSPS) is 12.1. The molecule has 0 spiro atoms. The van der Waals surface area contributed by atoms with Crippen molar-refractivity contribution in [3.05, 3.63) is 60.2 Å². The Kier molecular flexibility index (Phi) is 6.64. The minimum Gasteiger partial charge on any atom is -0.492 e. The first kappa shape index (κ1) is 15.9. The molecule has 21 heavy (non-hydrogen) atoms. The van der Waals surface area contributed by atoms with E-state index in [0.717, 1.165) is 18.0 Å². The van der Waals surface area contributed by atoms with Gasteiger partial charge in [-0.15, -0.1) is 11.8 Å². The minimum absolute atomic E-state index is 0.350. The van der Waals surface area contributed by atoms with Crippen LogP contribution in [0.2, 0.25) is 0 Å². The number of rotatable bonds is 8. The van der Waals surface area contributed by atoms with E-state index in [9.17, 15) is 0 Å². The molecular weight excluding hydrogens is 278 g/mol. The molecule has 112 valence electrons. The highest BCUT2D eigenvalue weighted by atomic mass is 32.2. The fraction of sp³-hybridized carbons (Fsp3) is 0.333. The fourth-order valence-corrected chi connectivity index (χ4v) is 2.71. The van der Waals surface area contributed by atoms with E-state index >= 15 is 0 Å². The topological polar surface area (TPSA) is 21.3 Å². The van der Waals surface area contributed by atoms with E-state index in [1.165, 1.54) is 10.5 Å². The Balaban J connectivity index is 1.59. The van der Waals surface area contributed by atoms with Crippen LogP contribution in [0.4, 0.5) is 0 Å². The van der Waals surface area contributed by atoms with Crippen LogP contribution in [0.15, 0.2) is 59.5 Å². The first-order valence-electron chi connectivity index (χ1n) is 7.35. The van der Waals surface area contributed by atoms with Gasteiger partial charge < -0.3 is 10.1 Å². The predicted molar refractivity (Wildman–Crippen MR) is 91.3 cm³/mol. The molecule has 0 aliphatic carbocycles. The summed E-state index contributed by atoms with van der Waals surface area (Å²) in [6.07, 6.45) is 0. The first-order chi connectivity index (χ1) is 10.2. The maximum Gasteiger partial charge on any atom is 0.119 e. The molecule has 1 N–H and O–H groups in total. The molecule has 2 nitrogen and oxygen atoms in total. The average molecular weight is 301 g/mol. The molecule has 0 radical (unpaired) electrons. The van der Waals surface area contributed by atoms with Crippen molar-refractivity contribution < 1.29 is 4.74 Å². The zero-order valence-corrected chi connectivity index (χ0v) is 13.5. The van der Waals surface area contributed by atoms with Gasteiger partial charge in [-0.2, -0.15) is 0 Å².